The number of methoxy groups -OCH3 is 1. The van der Waals surface area contributed by atoms with E-state index >= 15 is 0 Å². The molecular weight excluding hydrogens is 154 g/mol. The first kappa shape index (κ1) is 11.3. The van der Waals surface area contributed by atoms with Gasteiger partial charge < -0.3 is 10.1 Å². The van der Waals surface area contributed by atoms with Gasteiger partial charge in [0.1, 0.15) is 0 Å². The molecule has 0 aliphatic carbocycles. The Morgan fingerprint density at radius 1 is 1.58 bits per heavy atom. The predicted molar refractivity (Wildman–Crippen MR) is 49.2 cm³/mol. The van der Waals surface area contributed by atoms with Crippen molar-refractivity contribution in [2.45, 2.75) is 13.3 Å². The molecule has 0 saturated heterocycles. The molecule has 0 amide bonds. The Bertz CT molecular complexity index is 143. The lowest BCUT2D eigenvalue weighted by molar-refractivity contribution is -0.114. The van der Waals surface area contributed by atoms with Gasteiger partial charge in [0.2, 0.25) is 0 Å². The molecule has 0 radical (unpaired) electrons. The highest BCUT2D eigenvalue weighted by Crippen LogP contribution is 1.81. The maximum absolute atomic E-state index is 10.8. The molecule has 70 valence electrons. The van der Waals surface area contributed by atoms with Crippen LogP contribution in [-0.2, 0) is 9.53 Å². The van der Waals surface area contributed by atoms with Crippen molar-refractivity contribution < 1.29 is 9.53 Å². The standard InChI is InChI=1S/C9H17NO2/c1-3-9(11)5-4-6-10-7-8-12-2/h4-5,10H,3,6-8H2,1-2H3/b5-4+. The SMILES string of the molecule is CCC(=O)/C=C/CNCCOC. The number of ketones is 1. The van der Waals surface area contributed by atoms with Crippen LogP contribution in [0.4, 0.5) is 0 Å². The van der Waals surface area contributed by atoms with Crippen LogP contribution in [0.15, 0.2) is 12.2 Å². The molecule has 3 heteroatoms. The monoisotopic (exact) mass is 171 g/mol. The largest absolute Gasteiger partial charge is 0.383 e. The molecule has 0 unspecified atom stereocenters. The second-order valence-electron chi connectivity index (χ2n) is 2.42. The normalized spacial score (nSPS) is 10.8. The van der Waals surface area contributed by atoms with E-state index in [0.717, 1.165) is 13.1 Å². The third kappa shape index (κ3) is 7.44. The van der Waals surface area contributed by atoms with Crippen molar-refractivity contribution in [3.05, 3.63) is 12.2 Å². The zero-order valence-corrected chi connectivity index (χ0v) is 7.80. The number of hydrogen-bond donors (Lipinski definition) is 1. The van der Waals surface area contributed by atoms with Gasteiger partial charge in [-0.05, 0) is 6.08 Å². The second kappa shape index (κ2) is 8.43. The molecule has 0 bridgehead atoms. The summed E-state index contributed by atoms with van der Waals surface area (Å²) in [6, 6.07) is 0. The minimum atomic E-state index is 0.170. The molecule has 12 heavy (non-hydrogen) atoms. The van der Waals surface area contributed by atoms with Gasteiger partial charge >= 0.3 is 0 Å². The maximum atomic E-state index is 10.8. The lowest BCUT2D eigenvalue weighted by Gasteiger charge is -1.98. The van der Waals surface area contributed by atoms with Gasteiger partial charge in [-0.15, -0.1) is 0 Å². The molecule has 1 N–H and O–H groups in total. The minimum absolute atomic E-state index is 0.170. The number of rotatable bonds is 7. The molecule has 0 aliphatic heterocycles. The molecule has 0 atom stereocenters. The second-order valence-corrected chi connectivity index (χ2v) is 2.42. The van der Waals surface area contributed by atoms with Gasteiger partial charge in [-0.2, -0.15) is 0 Å². The van der Waals surface area contributed by atoms with E-state index in [-0.39, 0.29) is 5.78 Å². The third-order valence-electron chi connectivity index (χ3n) is 1.40. The fourth-order valence-electron chi connectivity index (χ4n) is 0.668. The lowest BCUT2D eigenvalue weighted by Crippen LogP contribution is -2.18. The first-order chi connectivity index (χ1) is 5.81. The van der Waals surface area contributed by atoms with Crippen molar-refractivity contribution in [1.29, 1.82) is 0 Å². The molecule has 0 saturated carbocycles. The highest BCUT2D eigenvalue weighted by atomic mass is 16.5. The van der Waals surface area contributed by atoms with E-state index in [1.807, 2.05) is 13.0 Å². The van der Waals surface area contributed by atoms with E-state index in [0.29, 0.717) is 13.0 Å². The summed E-state index contributed by atoms with van der Waals surface area (Å²) in [6.07, 6.45) is 4.02. The van der Waals surface area contributed by atoms with Gasteiger partial charge in [0.15, 0.2) is 5.78 Å². The topological polar surface area (TPSA) is 38.3 Å². The summed E-state index contributed by atoms with van der Waals surface area (Å²) < 4.78 is 4.84. The zero-order chi connectivity index (χ0) is 9.23. The smallest absolute Gasteiger partial charge is 0.155 e. The summed E-state index contributed by atoms with van der Waals surface area (Å²) in [5, 5.41) is 3.10. The van der Waals surface area contributed by atoms with E-state index < -0.39 is 0 Å². The van der Waals surface area contributed by atoms with Crippen LogP contribution in [0.25, 0.3) is 0 Å². The molecular formula is C9H17NO2. The minimum Gasteiger partial charge on any atom is -0.383 e. The summed E-state index contributed by atoms with van der Waals surface area (Å²) in [6.45, 7) is 4.11. The summed E-state index contributed by atoms with van der Waals surface area (Å²) in [4.78, 5) is 10.8. The average molecular weight is 171 g/mol. The van der Waals surface area contributed by atoms with Crippen LogP contribution in [0, 0.1) is 0 Å². The maximum Gasteiger partial charge on any atom is 0.155 e. The number of nitrogens with one attached hydrogen (secondary N) is 1. The number of carbonyl (C=O) groups is 1. The molecule has 0 aromatic carbocycles. The third-order valence-corrected chi connectivity index (χ3v) is 1.40. The fraction of sp³-hybridized carbons (Fsp3) is 0.667. The Morgan fingerprint density at radius 3 is 2.92 bits per heavy atom. The highest BCUT2D eigenvalue weighted by Gasteiger charge is 1.87. The van der Waals surface area contributed by atoms with Crippen LogP contribution in [0.2, 0.25) is 0 Å². The quantitative estimate of drug-likeness (QED) is 0.454. The van der Waals surface area contributed by atoms with Crippen LogP contribution >= 0.6 is 0 Å². The molecule has 0 fully saturated rings. The van der Waals surface area contributed by atoms with Crippen molar-refractivity contribution in [2.24, 2.45) is 0 Å². The van der Waals surface area contributed by atoms with Gasteiger partial charge in [0, 0.05) is 26.6 Å². The Morgan fingerprint density at radius 2 is 2.33 bits per heavy atom. The number of allylic oxidation sites excluding steroid dienone is 1. The van der Waals surface area contributed by atoms with Gasteiger partial charge in [-0.25, -0.2) is 0 Å². The first-order valence-corrected chi connectivity index (χ1v) is 4.20. The van der Waals surface area contributed by atoms with Gasteiger partial charge in [-0.1, -0.05) is 13.0 Å². The van der Waals surface area contributed by atoms with Crippen molar-refractivity contribution >= 4 is 5.78 Å². The van der Waals surface area contributed by atoms with Crippen LogP contribution < -0.4 is 5.32 Å². The van der Waals surface area contributed by atoms with Crippen molar-refractivity contribution in [2.75, 3.05) is 26.8 Å². The molecule has 3 nitrogen and oxygen atoms in total. The van der Waals surface area contributed by atoms with Crippen molar-refractivity contribution in [1.82, 2.24) is 5.32 Å². The number of ether oxygens (including phenoxy) is 1. The molecule has 0 aromatic heterocycles. The van der Waals surface area contributed by atoms with Gasteiger partial charge in [0.25, 0.3) is 0 Å². The number of carbonyl (C=O) groups excluding carboxylic acids is 1. The highest BCUT2D eigenvalue weighted by molar-refractivity contribution is 5.89. The van der Waals surface area contributed by atoms with Gasteiger partial charge in [-0.3, -0.25) is 4.79 Å². The van der Waals surface area contributed by atoms with Crippen LogP contribution in [0.5, 0.6) is 0 Å². The Labute approximate surface area is 73.8 Å². The van der Waals surface area contributed by atoms with E-state index in [1.54, 1.807) is 13.2 Å². The number of hydrogen-bond acceptors (Lipinski definition) is 3. The zero-order valence-electron chi connectivity index (χ0n) is 7.80. The first-order valence-electron chi connectivity index (χ1n) is 4.20. The molecule has 0 aliphatic rings. The molecule has 0 spiro atoms. The van der Waals surface area contributed by atoms with E-state index in [2.05, 4.69) is 5.32 Å². The molecule has 0 aromatic rings. The summed E-state index contributed by atoms with van der Waals surface area (Å²) >= 11 is 0. The van der Waals surface area contributed by atoms with E-state index in [4.69, 9.17) is 4.74 Å². The summed E-state index contributed by atoms with van der Waals surface area (Å²) in [7, 11) is 1.66. The Hall–Kier alpha value is -0.670. The van der Waals surface area contributed by atoms with Crippen LogP contribution in [-0.4, -0.2) is 32.6 Å². The molecule has 0 rings (SSSR count). The average Bonchev–Trinajstić information content (AvgIpc) is 2.10. The Kier molecular flexibility index (Phi) is 7.96. The summed E-state index contributed by atoms with van der Waals surface area (Å²) in [5.41, 5.74) is 0. The lowest BCUT2D eigenvalue weighted by atomic mass is 10.3. The summed E-state index contributed by atoms with van der Waals surface area (Å²) in [5.74, 6) is 0.170. The van der Waals surface area contributed by atoms with Crippen molar-refractivity contribution in [3.63, 3.8) is 0 Å². The van der Waals surface area contributed by atoms with Crippen LogP contribution in [0.1, 0.15) is 13.3 Å². The Balaban J connectivity index is 3.18. The van der Waals surface area contributed by atoms with E-state index in [9.17, 15) is 4.79 Å². The van der Waals surface area contributed by atoms with Gasteiger partial charge in [0.05, 0.1) is 6.61 Å². The van der Waals surface area contributed by atoms with Crippen molar-refractivity contribution in [3.8, 4) is 0 Å². The van der Waals surface area contributed by atoms with Crippen LogP contribution in [0.3, 0.4) is 0 Å². The molecule has 0 heterocycles. The van der Waals surface area contributed by atoms with E-state index in [1.165, 1.54) is 0 Å². The predicted octanol–water partition coefficient (Wildman–Crippen LogP) is 0.758. The fourth-order valence-corrected chi connectivity index (χ4v) is 0.668.